The molecule has 0 saturated heterocycles. The highest BCUT2D eigenvalue weighted by Crippen LogP contribution is 2.37. The predicted octanol–water partition coefficient (Wildman–Crippen LogP) is 3.78. The monoisotopic (exact) mass is 314 g/mol. The van der Waals surface area contributed by atoms with Gasteiger partial charge in [0.1, 0.15) is 0 Å². The number of benzene rings is 2. The van der Waals surface area contributed by atoms with Crippen molar-refractivity contribution in [3.63, 3.8) is 0 Å². The van der Waals surface area contributed by atoms with E-state index < -0.39 is 0 Å². The van der Waals surface area contributed by atoms with Gasteiger partial charge in [0.05, 0.1) is 9.82 Å². The summed E-state index contributed by atoms with van der Waals surface area (Å²) >= 11 is 1.47. The molecular formula is C17H18N2O2S. The molecule has 1 aliphatic rings. The summed E-state index contributed by atoms with van der Waals surface area (Å²) in [5.74, 6) is 0. The van der Waals surface area contributed by atoms with Gasteiger partial charge in [0.25, 0.3) is 5.69 Å². The van der Waals surface area contributed by atoms with Crippen molar-refractivity contribution in [2.24, 2.45) is 0 Å². The van der Waals surface area contributed by atoms with Crippen LogP contribution in [-0.4, -0.2) is 30.0 Å². The molecule has 0 radical (unpaired) electrons. The Hall–Kier alpha value is -1.85. The third-order valence-corrected chi connectivity index (χ3v) is 5.03. The number of hydrogen-bond donors (Lipinski definition) is 0. The highest BCUT2D eigenvalue weighted by molar-refractivity contribution is 7.99. The van der Waals surface area contributed by atoms with Crippen LogP contribution in [0.4, 0.5) is 5.69 Å². The van der Waals surface area contributed by atoms with E-state index >= 15 is 0 Å². The van der Waals surface area contributed by atoms with Crippen LogP contribution in [-0.2, 0) is 12.8 Å². The van der Waals surface area contributed by atoms with Gasteiger partial charge in [-0.25, -0.2) is 0 Å². The van der Waals surface area contributed by atoms with Crippen LogP contribution in [0, 0.1) is 10.1 Å². The second-order valence-electron chi connectivity index (χ2n) is 5.56. The van der Waals surface area contributed by atoms with Gasteiger partial charge in [-0.1, -0.05) is 30.0 Å². The van der Waals surface area contributed by atoms with Crippen molar-refractivity contribution in [3.8, 4) is 0 Å². The minimum atomic E-state index is -0.264. The van der Waals surface area contributed by atoms with E-state index in [0.29, 0.717) is 0 Å². The fourth-order valence-electron chi connectivity index (χ4n) is 2.69. The number of fused-ring (bicyclic) bond motifs is 1. The van der Waals surface area contributed by atoms with E-state index in [4.69, 9.17) is 0 Å². The molecule has 0 saturated carbocycles. The maximum atomic E-state index is 11.4. The number of nitro groups is 1. The molecule has 2 aromatic rings. The van der Waals surface area contributed by atoms with Crippen LogP contribution >= 0.6 is 11.8 Å². The van der Waals surface area contributed by atoms with Crippen LogP contribution in [0.15, 0.2) is 52.3 Å². The standard InChI is InChI=1S/C17H18N2O2S/c1-18-9-7-13-11-16(19(20)21)17(12-14(13)8-10-18)22-15-5-3-2-4-6-15/h2-6,11-12H,7-10H2,1H3. The molecule has 3 rings (SSSR count). The molecule has 0 fully saturated rings. The largest absolute Gasteiger partial charge is 0.306 e. The lowest BCUT2D eigenvalue weighted by atomic mass is 10.0. The fourth-order valence-corrected chi connectivity index (χ4v) is 3.68. The molecule has 0 aliphatic carbocycles. The molecular weight excluding hydrogens is 296 g/mol. The van der Waals surface area contributed by atoms with Crippen molar-refractivity contribution >= 4 is 17.4 Å². The lowest BCUT2D eigenvalue weighted by molar-refractivity contribution is -0.387. The van der Waals surface area contributed by atoms with Crippen LogP contribution < -0.4 is 0 Å². The van der Waals surface area contributed by atoms with Crippen molar-refractivity contribution < 1.29 is 4.92 Å². The maximum absolute atomic E-state index is 11.4. The van der Waals surface area contributed by atoms with Gasteiger partial charge < -0.3 is 4.90 Å². The number of nitro benzene ring substituents is 1. The Morgan fingerprint density at radius 3 is 2.36 bits per heavy atom. The average molecular weight is 314 g/mol. The average Bonchev–Trinajstić information content (AvgIpc) is 2.69. The summed E-state index contributed by atoms with van der Waals surface area (Å²) in [6.07, 6.45) is 1.83. The first kappa shape index (κ1) is 15.1. The van der Waals surface area contributed by atoms with E-state index in [-0.39, 0.29) is 10.6 Å². The Bertz CT molecular complexity index is 689. The quantitative estimate of drug-likeness (QED) is 0.639. The zero-order valence-corrected chi connectivity index (χ0v) is 13.3. The Balaban J connectivity index is 1.99. The Labute approximate surface area is 134 Å². The Morgan fingerprint density at radius 1 is 1.09 bits per heavy atom. The molecule has 4 nitrogen and oxygen atoms in total. The zero-order chi connectivity index (χ0) is 15.5. The molecule has 0 N–H and O–H groups in total. The van der Waals surface area contributed by atoms with E-state index in [0.717, 1.165) is 41.3 Å². The lowest BCUT2D eigenvalue weighted by Gasteiger charge is -2.10. The smallest absolute Gasteiger partial charge is 0.283 e. The lowest BCUT2D eigenvalue weighted by Crippen LogP contribution is -2.20. The highest BCUT2D eigenvalue weighted by Gasteiger charge is 2.21. The number of nitrogens with zero attached hydrogens (tertiary/aromatic N) is 2. The van der Waals surface area contributed by atoms with Crippen molar-refractivity contribution in [1.29, 1.82) is 0 Å². The first-order chi connectivity index (χ1) is 10.6. The first-order valence-corrected chi connectivity index (χ1v) is 8.17. The summed E-state index contributed by atoms with van der Waals surface area (Å²) in [7, 11) is 2.10. The SMILES string of the molecule is CN1CCc2cc(Sc3ccccc3)c([N+](=O)[O-])cc2CC1. The zero-order valence-electron chi connectivity index (χ0n) is 12.5. The molecule has 2 aromatic carbocycles. The van der Waals surface area contributed by atoms with Gasteiger partial charge in [-0.05, 0) is 49.2 Å². The third kappa shape index (κ3) is 3.31. The summed E-state index contributed by atoms with van der Waals surface area (Å²) in [6.45, 7) is 1.95. The van der Waals surface area contributed by atoms with Crippen LogP contribution in [0.2, 0.25) is 0 Å². The van der Waals surface area contributed by atoms with Crippen molar-refractivity contribution in [1.82, 2.24) is 4.90 Å². The molecule has 0 amide bonds. The molecule has 114 valence electrons. The van der Waals surface area contributed by atoms with Gasteiger partial charge >= 0.3 is 0 Å². The van der Waals surface area contributed by atoms with Crippen LogP contribution in [0.3, 0.4) is 0 Å². The molecule has 0 bridgehead atoms. The second-order valence-corrected chi connectivity index (χ2v) is 6.68. The van der Waals surface area contributed by atoms with Crippen LogP contribution in [0.25, 0.3) is 0 Å². The van der Waals surface area contributed by atoms with E-state index in [1.165, 1.54) is 17.3 Å². The topological polar surface area (TPSA) is 46.4 Å². The van der Waals surface area contributed by atoms with Gasteiger partial charge in [0.2, 0.25) is 0 Å². The molecule has 0 spiro atoms. The van der Waals surface area contributed by atoms with E-state index in [1.54, 1.807) is 6.07 Å². The van der Waals surface area contributed by atoms with Crippen molar-refractivity contribution in [2.75, 3.05) is 20.1 Å². The molecule has 0 atom stereocenters. The van der Waals surface area contributed by atoms with E-state index in [1.807, 2.05) is 36.4 Å². The predicted molar refractivity (Wildman–Crippen MR) is 88.6 cm³/mol. The molecule has 0 unspecified atom stereocenters. The Morgan fingerprint density at radius 2 is 1.73 bits per heavy atom. The fraction of sp³-hybridized carbons (Fsp3) is 0.294. The van der Waals surface area contributed by atoms with Gasteiger partial charge in [0.15, 0.2) is 0 Å². The van der Waals surface area contributed by atoms with Gasteiger partial charge in [0, 0.05) is 24.1 Å². The molecule has 5 heteroatoms. The minimum Gasteiger partial charge on any atom is -0.306 e. The number of rotatable bonds is 3. The minimum absolute atomic E-state index is 0.220. The second kappa shape index (κ2) is 6.50. The van der Waals surface area contributed by atoms with Crippen molar-refractivity contribution in [2.45, 2.75) is 22.6 Å². The normalized spacial score (nSPS) is 15.1. The summed E-state index contributed by atoms with van der Waals surface area (Å²) in [5.41, 5.74) is 2.58. The van der Waals surface area contributed by atoms with Gasteiger partial charge in [-0.15, -0.1) is 0 Å². The van der Waals surface area contributed by atoms with E-state index in [9.17, 15) is 10.1 Å². The van der Waals surface area contributed by atoms with Gasteiger partial charge in [-0.2, -0.15) is 0 Å². The maximum Gasteiger partial charge on any atom is 0.283 e. The van der Waals surface area contributed by atoms with Crippen molar-refractivity contribution in [3.05, 3.63) is 63.7 Å². The highest BCUT2D eigenvalue weighted by atomic mass is 32.2. The number of hydrogen-bond acceptors (Lipinski definition) is 4. The third-order valence-electron chi connectivity index (χ3n) is 3.97. The van der Waals surface area contributed by atoms with Gasteiger partial charge in [-0.3, -0.25) is 10.1 Å². The first-order valence-electron chi connectivity index (χ1n) is 7.35. The number of likely N-dealkylation sites (N-methyl/N-ethyl adjacent to an activating group) is 1. The Kier molecular flexibility index (Phi) is 4.45. The molecule has 1 aliphatic heterocycles. The summed E-state index contributed by atoms with van der Waals surface area (Å²) < 4.78 is 0. The van der Waals surface area contributed by atoms with E-state index in [2.05, 4.69) is 11.9 Å². The summed E-state index contributed by atoms with van der Waals surface area (Å²) in [6, 6.07) is 13.6. The summed E-state index contributed by atoms with van der Waals surface area (Å²) in [4.78, 5) is 15.2. The summed E-state index contributed by atoms with van der Waals surface area (Å²) in [5, 5.41) is 11.4. The molecule has 0 aromatic heterocycles. The van der Waals surface area contributed by atoms with Crippen LogP contribution in [0.1, 0.15) is 11.1 Å². The van der Waals surface area contributed by atoms with Crippen LogP contribution in [0.5, 0.6) is 0 Å². The molecule has 1 heterocycles. The molecule has 22 heavy (non-hydrogen) atoms.